The Morgan fingerprint density at radius 1 is 1.25 bits per heavy atom. The molecular formula is C19H24Cl2FN3O3. The van der Waals surface area contributed by atoms with Gasteiger partial charge in [-0.1, -0.05) is 12.1 Å². The number of rotatable bonds is 6. The number of hydrogen-bond acceptors (Lipinski definition) is 5. The lowest BCUT2D eigenvalue weighted by Crippen LogP contribution is -2.49. The number of nitrogens with one attached hydrogen (secondary N) is 1. The topological polar surface area (TPSA) is 86.5 Å². The number of hydrogen-bond donors (Lipinski definition) is 2. The van der Waals surface area contributed by atoms with E-state index in [0.29, 0.717) is 43.2 Å². The van der Waals surface area contributed by atoms with E-state index in [1.165, 1.54) is 12.1 Å². The van der Waals surface area contributed by atoms with Crippen LogP contribution in [0.3, 0.4) is 0 Å². The van der Waals surface area contributed by atoms with Crippen molar-refractivity contribution >= 4 is 30.7 Å². The molecule has 1 fully saturated rings. The largest absolute Gasteiger partial charge is 0.439 e. The fraction of sp³-hybridized carbons (Fsp3) is 0.368. The highest BCUT2D eigenvalue weighted by atomic mass is 35.5. The average molecular weight is 432 g/mol. The van der Waals surface area contributed by atoms with Crippen molar-refractivity contribution in [2.75, 3.05) is 19.8 Å². The van der Waals surface area contributed by atoms with Crippen molar-refractivity contribution in [1.82, 2.24) is 10.3 Å². The molecule has 154 valence electrons. The van der Waals surface area contributed by atoms with Gasteiger partial charge in [-0.25, -0.2) is 9.37 Å². The van der Waals surface area contributed by atoms with Gasteiger partial charge in [0.25, 0.3) is 0 Å². The number of nitrogens with zero attached hydrogens (tertiary/aromatic N) is 1. The SMILES string of the molecule is Cl.Cl.NCC1(C(=O)NCc2cccnc2Oc2cccc(F)c2)CCOCC1. The minimum atomic E-state index is -0.593. The van der Waals surface area contributed by atoms with Gasteiger partial charge in [0, 0.05) is 44.1 Å². The first kappa shape index (κ1) is 24.1. The quantitative estimate of drug-likeness (QED) is 0.732. The minimum Gasteiger partial charge on any atom is -0.439 e. The van der Waals surface area contributed by atoms with E-state index in [9.17, 15) is 9.18 Å². The summed E-state index contributed by atoms with van der Waals surface area (Å²) in [6.45, 7) is 1.60. The summed E-state index contributed by atoms with van der Waals surface area (Å²) >= 11 is 0. The summed E-state index contributed by atoms with van der Waals surface area (Å²) in [5, 5.41) is 2.93. The van der Waals surface area contributed by atoms with Crippen LogP contribution in [0.2, 0.25) is 0 Å². The van der Waals surface area contributed by atoms with Crippen LogP contribution in [-0.4, -0.2) is 30.6 Å². The van der Waals surface area contributed by atoms with E-state index in [1.54, 1.807) is 30.5 Å². The number of aromatic nitrogens is 1. The van der Waals surface area contributed by atoms with Gasteiger partial charge in [-0.05, 0) is 31.0 Å². The Morgan fingerprint density at radius 3 is 2.68 bits per heavy atom. The Hall–Kier alpha value is -1.93. The molecule has 9 heteroatoms. The summed E-state index contributed by atoms with van der Waals surface area (Å²) in [5.41, 5.74) is 5.97. The van der Waals surface area contributed by atoms with Crippen molar-refractivity contribution in [1.29, 1.82) is 0 Å². The Morgan fingerprint density at radius 2 is 2.00 bits per heavy atom. The molecule has 3 rings (SSSR count). The maximum Gasteiger partial charge on any atom is 0.227 e. The number of carbonyl (C=O) groups is 1. The normalized spacial score (nSPS) is 14.9. The number of carbonyl (C=O) groups excluding carboxylic acids is 1. The molecule has 0 unspecified atom stereocenters. The van der Waals surface area contributed by atoms with E-state index in [1.807, 2.05) is 0 Å². The van der Waals surface area contributed by atoms with E-state index in [2.05, 4.69) is 10.3 Å². The molecule has 0 spiro atoms. The molecule has 1 aliphatic rings. The third-order valence-corrected chi connectivity index (χ3v) is 4.62. The van der Waals surface area contributed by atoms with Gasteiger partial charge >= 0.3 is 0 Å². The summed E-state index contributed by atoms with van der Waals surface area (Å²) in [6, 6.07) is 9.39. The second-order valence-corrected chi connectivity index (χ2v) is 6.31. The van der Waals surface area contributed by atoms with Gasteiger partial charge < -0.3 is 20.5 Å². The van der Waals surface area contributed by atoms with Gasteiger partial charge in [-0.2, -0.15) is 0 Å². The molecule has 2 heterocycles. The maximum atomic E-state index is 13.3. The van der Waals surface area contributed by atoms with Crippen LogP contribution in [0.4, 0.5) is 4.39 Å². The Balaban J connectivity index is 0.00000196. The molecule has 1 aromatic heterocycles. The molecule has 28 heavy (non-hydrogen) atoms. The van der Waals surface area contributed by atoms with E-state index in [0.717, 1.165) is 0 Å². The lowest BCUT2D eigenvalue weighted by Gasteiger charge is -2.34. The third-order valence-electron chi connectivity index (χ3n) is 4.62. The van der Waals surface area contributed by atoms with Crippen LogP contribution in [0.25, 0.3) is 0 Å². The molecule has 0 saturated carbocycles. The van der Waals surface area contributed by atoms with E-state index < -0.39 is 11.2 Å². The average Bonchev–Trinajstić information content (AvgIpc) is 2.67. The summed E-state index contributed by atoms with van der Waals surface area (Å²) < 4.78 is 24.3. The fourth-order valence-corrected chi connectivity index (χ4v) is 2.94. The van der Waals surface area contributed by atoms with Crippen LogP contribution < -0.4 is 15.8 Å². The lowest BCUT2D eigenvalue weighted by atomic mass is 9.79. The minimum absolute atomic E-state index is 0. The number of nitrogens with two attached hydrogens (primary N) is 1. The third kappa shape index (κ3) is 5.78. The second kappa shape index (κ2) is 11.2. The van der Waals surface area contributed by atoms with Crippen molar-refractivity contribution in [3.05, 3.63) is 54.0 Å². The maximum absolute atomic E-state index is 13.3. The highest BCUT2D eigenvalue weighted by molar-refractivity contribution is 5.85. The number of benzene rings is 1. The first-order valence-electron chi connectivity index (χ1n) is 8.56. The molecule has 0 aliphatic carbocycles. The summed E-state index contributed by atoms with van der Waals surface area (Å²) in [6.07, 6.45) is 2.80. The molecule has 0 radical (unpaired) electrons. The molecule has 0 atom stereocenters. The summed E-state index contributed by atoms with van der Waals surface area (Å²) in [4.78, 5) is 16.9. The van der Waals surface area contributed by atoms with Crippen LogP contribution >= 0.6 is 24.8 Å². The van der Waals surface area contributed by atoms with Gasteiger partial charge in [-0.15, -0.1) is 24.8 Å². The first-order chi connectivity index (χ1) is 12.6. The molecule has 2 aromatic rings. The zero-order valence-electron chi connectivity index (χ0n) is 15.2. The molecule has 6 nitrogen and oxygen atoms in total. The van der Waals surface area contributed by atoms with Gasteiger partial charge in [-0.3, -0.25) is 4.79 Å². The van der Waals surface area contributed by atoms with Crippen molar-refractivity contribution < 1.29 is 18.7 Å². The van der Waals surface area contributed by atoms with Crippen LogP contribution in [-0.2, 0) is 16.1 Å². The predicted molar refractivity (Wildman–Crippen MR) is 109 cm³/mol. The molecule has 1 aliphatic heterocycles. The Bertz CT molecular complexity index is 774. The van der Waals surface area contributed by atoms with Gasteiger partial charge in [0.2, 0.25) is 11.8 Å². The molecular weight excluding hydrogens is 408 g/mol. The monoisotopic (exact) mass is 431 g/mol. The van der Waals surface area contributed by atoms with Crippen LogP contribution in [0.5, 0.6) is 11.6 Å². The highest BCUT2D eigenvalue weighted by Gasteiger charge is 2.38. The van der Waals surface area contributed by atoms with Crippen LogP contribution in [0.15, 0.2) is 42.6 Å². The molecule has 1 saturated heterocycles. The van der Waals surface area contributed by atoms with Gasteiger partial charge in [0.05, 0.1) is 5.41 Å². The predicted octanol–water partition coefficient (Wildman–Crippen LogP) is 3.23. The Kier molecular flexibility index (Phi) is 9.61. The second-order valence-electron chi connectivity index (χ2n) is 6.31. The standard InChI is InChI=1S/C19H22FN3O3.2ClH/c20-15-4-1-5-16(11-15)26-17-14(3-2-8-22-17)12-23-18(24)19(13-21)6-9-25-10-7-19;;/h1-5,8,11H,6-7,9-10,12-13,21H2,(H,23,24);2*1H. The van der Waals surface area contributed by atoms with E-state index in [-0.39, 0.29) is 43.8 Å². The number of amides is 1. The van der Waals surface area contributed by atoms with Crippen molar-refractivity contribution in [2.24, 2.45) is 11.1 Å². The highest BCUT2D eigenvalue weighted by Crippen LogP contribution is 2.30. The number of halogens is 3. The summed E-state index contributed by atoms with van der Waals surface area (Å²) in [7, 11) is 0. The fourth-order valence-electron chi connectivity index (χ4n) is 2.94. The van der Waals surface area contributed by atoms with Crippen molar-refractivity contribution in [3.63, 3.8) is 0 Å². The molecule has 3 N–H and O–H groups in total. The van der Waals surface area contributed by atoms with Gasteiger partial charge in [0.15, 0.2) is 0 Å². The summed E-state index contributed by atoms with van der Waals surface area (Å²) in [5.74, 6) is 0.188. The molecule has 0 bridgehead atoms. The first-order valence-corrected chi connectivity index (χ1v) is 8.56. The Labute approximate surface area is 175 Å². The van der Waals surface area contributed by atoms with Gasteiger partial charge in [0.1, 0.15) is 11.6 Å². The van der Waals surface area contributed by atoms with Crippen molar-refractivity contribution in [2.45, 2.75) is 19.4 Å². The zero-order chi connectivity index (χ0) is 18.4. The van der Waals surface area contributed by atoms with E-state index in [4.69, 9.17) is 15.2 Å². The smallest absolute Gasteiger partial charge is 0.227 e. The molecule has 1 aromatic carbocycles. The molecule has 1 amide bonds. The number of ether oxygens (including phenoxy) is 2. The lowest BCUT2D eigenvalue weighted by molar-refractivity contribution is -0.136. The van der Waals surface area contributed by atoms with E-state index >= 15 is 0 Å². The van der Waals surface area contributed by atoms with Crippen LogP contribution in [0.1, 0.15) is 18.4 Å². The van der Waals surface area contributed by atoms with Crippen molar-refractivity contribution in [3.8, 4) is 11.6 Å². The van der Waals surface area contributed by atoms with Crippen LogP contribution in [0, 0.1) is 11.2 Å². The number of pyridine rings is 1. The zero-order valence-corrected chi connectivity index (χ0v) is 16.9.